The summed E-state index contributed by atoms with van der Waals surface area (Å²) < 4.78 is 6.03. The molecule has 5 rings (SSSR count). The Hall–Kier alpha value is -2.49. The first-order valence-electron chi connectivity index (χ1n) is 11.3. The van der Waals surface area contributed by atoms with Crippen molar-refractivity contribution in [2.45, 2.75) is 31.7 Å². The van der Waals surface area contributed by atoms with Crippen LogP contribution in [0.15, 0.2) is 78.9 Å². The standard InChI is InChI=1S/C27H30N2O.ClH/c1-2-8-22(9-3-1)27-17-12-23-10-4-5-11-26(23)29(27)24-13-15-25(16-14-24)30-21-20-28-18-6-7-19-28;/h1-5,8-11,13-16,27H,6-7,12,17-21H2;1H. The van der Waals surface area contributed by atoms with Crippen LogP contribution < -0.4 is 9.64 Å². The maximum Gasteiger partial charge on any atom is 0.119 e. The Balaban J connectivity index is 0.00000231. The second-order valence-electron chi connectivity index (χ2n) is 8.35. The van der Waals surface area contributed by atoms with E-state index in [1.54, 1.807) is 0 Å². The molecule has 2 aliphatic heterocycles. The van der Waals surface area contributed by atoms with Crippen LogP contribution in [0.2, 0.25) is 0 Å². The van der Waals surface area contributed by atoms with Gasteiger partial charge in [0, 0.05) is 17.9 Å². The van der Waals surface area contributed by atoms with Gasteiger partial charge in [-0.15, -0.1) is 12.4 Å². The second-order valence-corrected chi connectivity index (χ2v) is 8.35. The van der Waals surface area contributed by atoms with E-state index in [0.717, 1.165) is 31.7 Å². The number of fused-ring (bicyclic) bond motifs is 1. The van der Waals surface area contributed by atoms with Gasteiger partial charge < -0.3 is 9.64 Å². The lowest BCUT2D eigenvalue weighted by Gasteiger charge is -2.39. The Bertz CT molecular complexity index is 954. The van der Waals surface area contributed by atoms with E-state index >= 15 is 0 Å². The van der Waals surface area contributed by atoms with Gasteiger partial charge in [-0.1, -0.05) is 48.5 Å². The summed E-state index contributed by atoms with van der Waals surface area (Å²) in [4.78, 5) is 4.99. The molecule has 0 radical (unpaired) electrons. The van der Waals surface area contributed by atoms with Crippen molar-refractivity contribution in [3.05, 3.63) is 90.0 Å². The zero-order valence-electron chi connectivity index (χ0n) is 18.0. The molecule has 31 heavy (non-hydrogen) atoms. The molecule has 3 aromatic carbocycles. The van der Waals surface area contributed by atoms with E-state index in [1.807, 2.05) is 0 Å². The summed E-state index contributed by atoms with van der Waals surface area (Å²) in [6.45, 7) is 4.23. The molecule has 1 unspecified atom stereocenters. The minimum absolute atomic E-state index is 0. The summed E-state index contributed by atoms with van der Waals surface area (Å²) in [5.74, 6) is 0.958. The van der Waals surface area contributed by atoms with E-state index < -0.39 is 0 Å². The van der Waals surface area contributed by atoms with Crippen molar-refractivity contribution in [1.29, 1.82) is 0 Å². The van der Waals surface area contributed by atoms with Crippen LogP contribution in [-0.4, -0.2) is 31.1 Å². The maximum absolute atomic E-state index is 6.03. The van der Waals surface area contributed by atoms with E-state index in [4.69, 9.17) is 4.74 Å². The first-order valence-corrected chi connectivity index (χ1v) is 11.3. The highest BCUT2D eigenvalue weighted by Gasteiger charge is 2.28. The molecular formula is C27H31ClN2O. The van der Waals surface area contributed by atoms with Crippen LogP contribution in [-0.2, 0) is 6.42 Å². The average molecular weight is 435 g/mol. The highest BCUT2D eigenvalue weighted by molar-refractivity contribution is 5.85. The number of ether oxygens (including phenoxy) is 1. The molecule has 2 heterocycles. The number of anilines is 2. The molecule has 4 heteroatoms. The van der Waals surface area contributed by atoms with E-state index in [9.17, 15) is 0 Å². The summed E-state index contributed by atoms with van der Waals surface area (Å²) in [7, 11) is 0. The van der Waals surface area contributed by atoms with Crippen molar-refractivity contribution in [2.75, 3.05) is 31.1 Å². The zero-order chi connectivity index (χ0) is 20.2. The molecule has 1 atom stereocenters. The van der Waals surface area contributed by atoms with E-state index in [1.165, 1.54) is 48.4 Å². The van der Waals surface area contributed by atoms with Crippen molar-refractivity contribution < 1.29 is 4.74 Å². The normalized spacial score (nSPS) is 18.3. The number of likely N-dealkylation sites (tertiary alicyclic amines) is 1. The topological polar surface area (TPSA) is 15.7 Å². The molecule has 0 amide bonds. The smallest absolute Gasteiger partial charge is 0.119 e. The van der Waals surface area contributed by atoms with Gasteiger partial charge in [0.05, 0.1) is 6.04 Å². The summed E-state index contributed by atoms with van der Waals surface area (Å²) in [5, 5.41) is 0. The third-order valence-electron chi connectivity index (χ3n) is 6.42. The molecule has 1 fully saturated rings. The zero-order valence-corrected chi connectivity index (χ0v) is 18.8. The lowest BCUT2D eigenvalue weighted by molar-refractivity contribution is 0.238. The van der Waals surface area contributed by atoms with Gasteiger partial charge in [-0.05, 0) is 80.2 Å². The molecule has 0 bridgehead atoms. The van der Waals surface area contributed by atoms with Gasteiger partial charge in [0.2, 0.25) is 0 Å². The predicted octanol–water partition coefficient (Wildman–Crippen LogP) is 6.41. The third-order valence-corrected chi connectivity index (χ3v) is 6.42. The van der Waals surface area contributed by atoms with Gasteiger partial charge in [0.25, 0.3) is 0 Å². The maximum atomic E-state index is 6.03. The highest BCUT2D eigenvalue weighted by atomic mass is 35.5. The van der Waals surface area contributed by atoms with Gasteiger partial charge >= 0.3 is 0 Å². The van der Waals surface area contributed by atoms with Crippen LogP contribution in [0.4, 0.5) is 11.4 Å². The minimum Gasteiger partial charge on any atom is -0.492 e. The Kier molecular flexibility index (Phi) is 7.16. The number of nitrogens with zero attached hydrogens (tertiary/aromatic N) is 2. The average Bonchev–Trinajstić information content (AvgIpc) is 3.33. The first kappa shape index (κ1) is 21.7. The van der Waals surface area contributed by atoms with Crippen molar-refractivity contribution in [1.82, 2.24) is 4.90 Å². The molecular weight excluding hydrogens is 404 g/mol. The summed E-state index contributed by atoms with van der Waals surface area (Å²) in [6, 6.07) is 28.7. The second kappa shape index (κ2) is 10.2. The highest BCUT2D eigenvalue weighted by Crippen LogP contribution is 2.43. The van der Waals surface area contributed by atoms with Crippen LogP contribution in [0, 0.1) is 0 Å². The predicted molar refractivity (Wildman–Crippen MR) is 131 cm³/mol. The number of halogens is 1. The molecule has 0 aromatic heterocycles. The van der Waals surface area contributed by atoms with Gasteiger partial charge in [-0.3, -0.25) is 4.90 Å². The van der Waals surface area contributed by atoms with Crippen LogP contribution in [0.5, 0.6) is 5.75 Å². The Morgan fingerprint density at radius 1 is 0.806 bits per heavy atom. The Morgan fingerprint density at radius 3 is 2.29 bits per heavy atom. The number of benzene rings is 3. The molecule has 1 saturated heterocycles. The fourth-order valence-electron chi connectivity index (χ4n) is 4.86. The Morgan fingerprint density at radius 2 is 1.52 bits per heavy atom. The van der Waals surface area contributed by atoms with Gasteiger partial charge in [0.15, 0.2) is 0 Å². The monoisotopic (exact) mass is 434 g/mol. The molecule has 0 spiro atoms. The van der Waals surface area contributed by atoms with Crippen molar-refractivity contribution in [3.63, 3.8) is 0 Å². The minimum atomic E-state index is 0. The van der Waals surface area contributed by atoms with Gasteiger partial charge in [-0.2, -0.15) is 0 Å². The number of hydrogen-bond acceptors (Lipinski definition) is 3. The van der Waals surface area contributed by atoms with Crippen LogP contribution in [0.25, 0.3) is 0 Å². The fourth-order valence-corrected chi connectivity index (χ4v) is 4.86. The summed E-state index contributed by atoms with van der Waals surface area (Å²) >= 11 is 0. The van der Waals surface area contributed by atoms with E-state index in [2.05, 4.69) is 88.7 Å². The van der Waals surface area contributed by atoms with Crippen LogP contribution in [0.3, 0.4) is 0 Å². The van der Waals surface area contributed by atoms with Crippen LogP contribution in [0.1, 0.15) is 36.4 Å². The van der Waals surface area contributed by atoms with Crippen molar-refractivity contribution in [2.24, 2.45) is 0 Å². The first-order chi connectivity index (χ1) is 14.9. The van der Waals surface area contributed by atoms with Crippen LogP contribution >= 0.6 is 12.4 Å². The molecule has 0 N–H and O–H groups in total. The number of rotatable bonds is 6. The summed E-state index contributed by atoms with van der Waals surface area (Å²) in [6.07, 6.45) is 4.89. The van der Waals surface area contributed by atoms with Gasteiger partial charge in [-0.25, -0.2) is 0 Å². The lowest BCUT2D eigenvalue weighted by Crippen LogP contribution is -2.29. The molecule has 2 aliphatic rings. The van der Waals surface area contributed by atoms with Crippen molar-refractivity contribution >= 4 is 23.8 Å². The number of aryl methyl sites for hydroxylation is 1. The van der Waals surface area contributed by atoms with Crippen molar-refractivity contribution in [3.8, 4) is 5.75 Å². The molecule has 162 valence electrons. The largest absolute Gasteiger partial charge is 0.492 e. The quantitative estimate of drug-likeness (QED) is 0.445. The van der Waals surface area contributed by atoms with Gasteiger partial charge in [0.1, 0.15) is 12.4 Å². The molecule has 3 nitrogen and oxygen atoms in total. The van der Waals surface area contributed by atoms with E-state index in [0.29, 0.717) is 6.04 Å². The number of para-hydroxylation sites is 1. The Labute approximate surface area is 192 Å². The number of hydrogen-bond donors (Lipinski definition) is 0. The molecule has 0 aliphatic carbocycles. The molecule has 0 saturated carbocycles. The van der Waals surface area contributed by atoms with E-state index in [-0.39, 0.29) is 12.4 Å². The SMILES string of the molecule is Cl.c1ccc(C2CCc3ccccc3N2c2ccc(OCCN3CCCC3)cc2)cc1. The molecule has 3 aromatic rings. The fraction of sp³-hybridized carbons (Fsp3) is 0.333. The third kappa shape index (κ3) is 4.89. The lowest BCUT2D eigenvalue weighted by atomic mass is 9.90. The summed E-state index contributed by atoms with van der Waals surface area (Å²) in [5.41, 5.74) is 5.34.